The summed E-state index contributed by atoms with van der Waals surface area (Å²) in [5, 5.41) is 4.55. The Morgan fingerprint density at radius 1 is 1.23 bits per heavy atom. The van der Waals surface area contributed by atoms with Crippen molar-refractivity contribution in [3.8, 4) is 0 Å². The minimum atomic E-state index is 0. The first-order valence-electron chi connectivity index (χ1n) is 8.12. The van der Waals surface area contributed by atoms with Gasteiger partial charge in [-0.2, -0.15) is 0 Å². The summed E-state index contributed by atoms with van der Waals surface area (Å²) in [6.45, 7) is 6.70. The van der Waals surface area contributed by atoms with Gasteiger partial charge in [-0.1, -0.05) is 18.2 Å². The van der Waals surface area contributed by atoms with Crippen molar-refractivity contribution in [3.05, 3.63) is 35.6 Å². The second-order valence-corrected chi connectivity index (χ2v) is 6.24. The van der Waals surface area contributed by atoms with Crippen LogP contribution in [-0.4, -0.2) is 31.6 Å². The number of rotatable bonds is 5. The molecule has 2 aromatic rings. The van der Waals surface area contributed by atoms with Crippen LogP contribution in [0, 0.1) is 12.8 Å². The lowest BCUT2D eigenvalue weighted by molar-refractivity contribution is 0.172. The van der Waals surface area contributed by atoms with Crippen LogP contribution in [0.2, 0.25) is 0 Å². The molecular formula is C18H27ClN2O. The number of halogens is 1. The van der Waals surface area contributed by atoms with Crippen molar-refractivity contribution in [2.24, 2.45) is 5.92 Å². The molecule has 1 saturated heterocycles. The summed E-state index contributed by atoms with van der Waals surface area (Å²) < 4.78 is 5.88. The number of aryl methyl sites for hydroxylation is 1. The molecule has 0 amide bonds. The summed E-state index contributed by atoms with van der Waals surface area (Å²) in [5.74, 6) is 1.98. The van der Waals surface area contributed by atoms with Crippen LogP contribution in [0.25, 0.3) is 11.0 Å². The average Bonchev–Trinajstić information content (AvgIpc) is 2.83. The number of benzene rings is 1. The van der Waals surface area contributed by atoms with E-state index in [1.807, 2.05) is 13.1 Å². The molecule has 2 heterocycles. The van der Waals surface area contributed by atoms with E-state index in [1.54, 1.807) is 0 Å². The van der Waals surface area contributed by atoms with Gasteiger partial charge in [0.05, 0.1) is 0 Å². The fraction of sp³-hybridized carbons (Fsp3) is 0.556. The van der Waals surface area contributed by atoms with Gasteiger partial charge in [0.2, 0.25) is 0 Å². The second-order valence-electron chi connectivity index (χ2n) is 6.24. The van der Waals surface area contributed by atoms with Crippen LogP contribution in [0.4, 0.5) is 0 Å². The highest BCUT2D eigenvalue weighted by atomic mass is 35.5. The quantitative estimate of drug-likeness (QED) is 0.902. The molecule has 1 aromatic carbocycles. The van der Waals surface area contributed by atoms with E-state index in [-0.39, 0.29) is 12.4 Å². The van der Waals surface area contributed by atoms with E-state index in [0.717, 1.165) is 30.4 Å². The Labute approximate surface area is 139 Å². The molecule has 0 unspecified atom stereocenters. The number of hydrogen-bond donors (Lipinski definition) is 1. The maximum Gasteiger partial charge on any atom is 0.134 e. The first-order chi connectivity index (χ1) is 10.3. The second kappa shape index (κ2) is 8.00. The zero-order chi connectivity index (χ0) is 14.7. The Bertz CT molecular complexity index is 588. The Kier molecular flexibility index (Phi) is 6.30. The molecule has 0 spiro atoms. The maximum absolute atomic E-state index is 5.88. The van der Waals surface area contributed by atoms with Gasteiger partial charge in [0, 0.05) is 17.5 Å². The van der Waals surface area contributed by atoms with Gasteiger partial charge in [-0.15, -0.1) is 12.4 Å². The van der Waals surface area contributed by atoms with Crippen molar-refractivity contribution >= 4 is 23.4 Å². The van der Waals surface area contributed by atoms with E-state index >= 15 is 0 Å². The Hall–Kier alpha value is -1.03. The van der Waals surface area contributed by atoms with Crippen LogP contribution in [0.15, 0.2) is 28.7 Å². The number of para-hydroxylation sites is 1. The van der Waals surface area contributed by atoms with Crippen LogP contribution < -0.4 is 5.32 Å². The molecule has 1 aromatic heterocycles. The third kappa shape index (κ3) is 3.83. The zero-order valence-corrected chi connectivity index (χ0v) is 14.4. The minimum Gasteiger partial charge on any atom is -0.461 e. The third-order valence-electron chi connectivity index (χ3n) is 4.79. The largest absolute Gasteiger partial charge is 0.461 e. The van der Waals surface area contributed by atoms with Crippen molar-refractivity contribution in [1.82, 2.24) is 10.2 Å². The first kappa shape index (κ1) is 17.3. The molecule has 0 saturated carbocycles. The molecule has 1 N–H and O–H groups in total. The van der Waals surface area contributed by atoms with E-state index in [4.69, 9.17) is 4.42 Å². The van der Waals surface area contributed by atoms with Crippen molar-refractivity contribution < 1.29 is 4.42 Å². The molecule has 1 aliphatic heterocycles. The Morgan fingerprint density at radius 3 is 2.68 bits per heavy atom. The van der Waals surface area contributed by atoms with Crippen molar-refractivity contribution in [3.63, 3.8) is 0 Å². The molecule has 1 aliphatic rings. The van der Waals surface area contributed by atoms with Gasteiger partial charge in [-0.05, 0) is 64.9 Å². The number of likely N-dealkylation sites (tertiary alicyclic amines) is 1. The van der Waals surface area contributed by atoms with Crippen LogP contribution in [0.1, 0.15) is 30.6 Å². The third-order valence-corrected chi connectivity index (χ3v) is 4.79. The number of furan rings is 1. The maximum atomic E-state index is 5.88. The summed E-state index contributed by atoms with van der Waals surface area (Å²) in [6.07, 6.45) is 3.98. The monoisotopic (exact) mass is 322 g/mol. The van der Waals surface area contributed by atoms with Gasteiger partial charge in [0.25, 0.3) is 0 Å². The van der Waals surface area contributed by atoms with Gasteiger partial charge >= 0.3 is 0 Å². The normalized spacial score (nSPS) is 16.8. The SMILES string of the molecule is CNCCC1CCN(Cc2c(C)oc3ccccc23)CC1.Cl. The summed E-state index contributed by atoms with van der Waals surface area (Å²) in [4.78, 5) is 2.58. The molecule has 0 aliphatic carbocycles. The Balaban J connectivity index is 0.00000176. The smallest absolute Gasteiger partial charge is 0.134 e. The average molecular weight is 323 g/mol. The lowest BCUT2D eigenvalue weighted by Crippen LogP contribution is -2.34. The Morgan fingerprint density at radius 2 is 1.95 bits per heavy atom. The number of nitrogens with one attached hydrogen (secondary N) is 1. The van der Waals surface area contributed by atoms with Crippen LogP contribution >= 0.6 is 12.4 Å². The van der Waals surface area contributed by atoms with Gasteiger partial charge in [0.15, 0.2) is 0 Å². The number of hydrogen-bond acceptors (Lipinski definition) is 3. The molecule has 0 radical (unpaired) electrons. The molecule has 0 atom stereocenters. The highest BCUT2D eigenvalue weighted by molar-refractivity contribution is 5.85. The summed E-state index contributed by atoms with van der Waals surface area (Å²) in [7, 11) is 2.04. The van der Waals surface area contributed by atoms with E-state index in [2.05, 4.69) is 35.3 Å². The van der Waals surface area contributed by atoms with Gasteiger partial charge in [0.1, 0.15) is 11.3 Å². The fourth-order valence-corrected chi connectivity index (χ4v) is 3.42. The number of nitrogens with zero attached hydrogens (tertiary/aromatic N) is 1. The van der Waals surface area contributed by atoms with Gasteiger partial charge < -0.3 is 9.73 Å². The summed E-state index contributed by atoms with van der Waals surface area (Å²) >= 11 is 0. The predicted molar refractivity (Wildman–Crippen MR) is 94.7 cm³/mol. The lowest BCUT2D eigenvalue weighted by atomic mass is 9.93. The van der Waals surface area contributed by atoms with Gasteiger partial charge in [-0.25, -0.2) is 0 Å². The fourth-order valence-electron chi connectivity index (χ4n) is 3.42. The zero-order valence-electron chi connectivity index (χ0n) is 13.6. The number of piperidine rings is 1. The van der Waals surface area contributed by atoms with Crippen molar-refractivity contribution in [2.75, 3.05) is 26.7 Å². The summed E-state index contributed by atoms with van der Waals surface area (Å²) in [5.41, 5.74) is 2.40. The van der Waals surface area contributed by atoms with Crippen LogP contribution in [-0.2, 0) is 6.54 Å². The van der Waals surface area contributed by atoms with E-state index in [0.29, 0.717) is 0 Å². The molecular weight excluding hydrogens is 296 g/mol. The first-order valence-corrected chi connectivity index (χ1v) is 8.12. The van der Waals surface area contributed by atoms with E-state index < -0.39 is 0 Å². The lowest BCUT2D eigenvalue weighted by Gasteiger charge is -2.31. The minimum absolute atomic E-state index is 0. The predicted octanol–water partition coefficient (Wildman–Crippen LogP) is 3.98. The van der Waals surface area contributed by atoms with Gasteiger partial charge in [-0.3, -0.25) is 4.90 Å². The number of fused-ring (bicyclic) bond motifs is 1. The molecule has 122 valence electrons. The van der Waals surface area contributed by atoms with Crippen LogP contribution in [0.5, 0.6) is 0 Å². The molecule has 22 heavy (non-hydrogen) atoms. The molecule has 1 fully saturated rings. The topological polar surface area (TPSA) is 28.4 Å². The van der Waals surface area contributed by atoms with E-state index in [9.17, 15) is 0 Å². The summed E-state index contributed by atoms with van der Waals surface area (Å²) in [6, 6.07) is 8.39. The highest BCUT2D eigenvalue weighted by Crippen LogP contribution is 2.28. The standard InChI is InChI=1S/C18H26N2O.ClH/c1-14-17(16-5-3-4-6-18(16)21-14)13-20-11-8-15(9-12-20)7-10-19-2;/h3-6,15,19H,7-13H2,1-2H3;1H. The van der Waals surface area contributed by atoms with Crippen LogP contribution in [0.3, 0.4) is 0 Å². The molecule has 3 nitrogen and oxygen atoms in total. The molecule has 0 bridgehead atoms. The molecule has 4 heteroatoms. The van der Waals surface area contributed by atoms with E-state index in [1.165, 1.54) is 43.3 Å². The van der Waals surface area contributed by atoms with Crippen molar-refractivity contribution in [1.29, 1.82) is 0 Å². The molecule has 3 rings (SSSR count). The van der Waals surface area contributed by atoms with Crippen molar-refractivity contribution in [2.45, 2.75) is 32.7 Å². The highest BCUT2D eigenvalue weighted by Gasteiger charge is 2.21.